The molecule has 1 rings (SSSR count). The predicted molar refractivity (Wildman–Crippen MR) is 68.4 cm³/mol. The Bertz CT molecular complexity index is 326. The minimum Gasteiger partial charge on any atom is -0.508 e. The van der Waals surface area contributed by atoms with Crippen molar-refractivity contribution in [2.24, 2.45) is 0 Å². The normalized spacial score (nSPS) is 10.9. The van der Waals surface area contributed by atoms with Crippen LogP contribution < -0.4 is 5.73 Å². The number of unbranched alkanes of at least 4 members (excludes halogenated alkanes) is 2. The Balaban J connectivity index is 2.48. The zero-order valence-electron chi connectivity index (χ0n) is 10.2. The lowest BCUT2D eigenvalue weighted by molar-refractivity contribution is 0.312. The Morgan fingerprint density at radius 1 is 1.31 bits per heavy atom. The summed E-state index contributed by atoms with van der Waals surface area (Å²) < 4.78 is 0. The van der Waals surface area contributed by atoms with Gasteiger partial charge in [-0.3, -0.25) is 0 Å². The van der Waals surface area contributed by atoms with Crippen LogP contribution in [0.4, 0.5) is 5.69 Å². The van der Waals surface area contributed by atoms with Crippen molar-refractivity contribution in [1.82, 2.24) is 4.90 Å². The zero-order chi connectivity index (χ0) is 12.0. The van der Waals surface area contributed by atoms with E-state index >= 15 is 0 Å². The topological polar surface area (TPSA) is 49.5 Å². The van der Waals surface area contributed by atoms with Crippen molar-refractivity contribution in [2.45, 2.75) is 32.7 Å². The molecule has 16 heavy (non-hydrogen) atoms. The number of benzene rings is 1. The quantitative estimate of drug-likeness (QED) is 0.442. The highest BCUT2D eigenvalue weighted by Crippen LogP contribution is 2.21. The van der Waals surface area contributed by atoms with Gasteiger partial charge >= 0.3 is 0 Å². The van der Waals surface area contributed by atoms with Crippen LogP contribution in [0.5, 0.6) is 5.75 Å². The van der Waals surface area contributed by atoms with Crippen LogP contribution in [0.2, 0.25) is 0 Å². The number of hydrogen-bond donors (Lipinski definition) is 2. The molecule has 1 aromatic carbocycles. The molecule has 0 aliphatic carbocycles. The smallest absolute Gasteiger partial charge is 0.120 e. The van der Waals surface area contributed by atoms with E-state index in [0.29, 0.717) is 11.4 Å². The van der Waals surface area contributed by atoms with E-state index in [2.05, 4.69) is 18.9 Å². The van der Waals surface area contributed by atoms with Crippen molar-refractivity contribution < 1.29 is 5.11 Å². The summed E-state index contributed by atoms with van der Waals surface area (Å²) in [4.78, 5) is 2.21. The number of rotatable bonds is 6. The van der Waals surface area contributed by atoms with Crippen LogP contribution in [0.1, 0.15) is 31.7 Å². The Morgan fingerprint density at radius 3 is 2.75 bits per heavy atom. The number of nitrogen functional groups attached to an aromatic ring is 1. The molecular formula is C13H22N2O. The first-order chi connectivity index (χ1) is 7.63. The van der Waals surface area contributed by atoms with Gasteiger partial charge in [-0.05, 0) is 38.2 Å². The zero-order valence-corrected chi connectivity index (χ0v) is 10.2. The van der Waals surface area contributed by atoms with Crippen LogP contribution in [0.25, 0.3) is 0 Å². The van der Waals surface area contributed by atoms with Gasteiger partial charge in [0.15, 0.2) is 0 Å². The van der Waals surface area contributed by atoms with Crippen LogP contribution in [0, 0.1) is 0 Å². The summed E-state index contributed by atoms with van der Waals surface area (Å²) in [5.41, 5.74) is 7.30. The Hall–Kier alpha value is -1.22. The molecule has 0 aliphatic rings. The van der Waals surface area contributed by atoms with Crippen LogP contribution >= 0.6 is 0 Å². The highest BCUT2D eigenvalue weighted by Gasteiger charge is 2.05. The highest BCUT2D eigenvalue weighted by atomic mass is 16.3. The fraction of sp³-hybridized carbons (Fsp3) is 0.538. The molecular weight excluding hydrogens is 200 g/mol. The molecule has 0 atom stereocenters. The fourth-order valence-corrected chi connectivity index (χ4v) is 1.73. The summed E-state index contributed by atoms with van der Waals surface area (Å²) in [6.07, 6.45) is 3.70. The molecule has 3 N–H and O–H groups in total. The number of phenolic OH excluding ortho intramolecular Hbond substituents is 1. The van der Waals surface area contributed by atoms with Crippen molar-refractivity contribution >= 4 is 5.69 Å². The van der Waals surface area contributed by atoms with E-state index in [4.69, 9.17) is 5.73 Å². The molecule has 0 fully saturated rings. The molecule has 0 saturated carbocycles. The molecule has 0 saturated heterocycles. The molecule has 3 nitrogen and oxygen atoms in total. The van der Waals surface area contributed by atoms with Gasteiger partial charge in [-0.1, -0.05) is 19.8 Å². The number of nitrogens with two attached hydrogens (primary N) is 1. The molecule has 0 heterocycles. The first-order valence-corrected chi connectivity index (χ1v) is 5.89. The third-order valence-corrected chi connectivity index (χ3v) is 2.69. The third-order valence-electron chi connectivity index (χ3n) is 2.69. The van der Waals surface area contributed by atoms with E-state index in [0.717, 1.165) is 18.7 Å². The molecule has 0 aliphatic heterocycles. The van der Waals surface area contributed by atoms with Crippen LogP contribution in [-0.2, 0) is 6.54 Å². The molecule has 0 unspecified atom stereocenters. The Kier molecular flexibility index (Phi) is 5.12. The second-order valence-electron chi connectivity index (χ2n) is 4.33. The average Bonchev–Trinajstić information content (AvgIpc) is 2.24. The van der Waals surface area contributed by atoms with Crippen molar-refractivity contribution in [3.05, 3.63) is 23.8 Å². The number of hydrogen-bond acceptors (Lipinski definition) is 3. The molecule has 3 heteroatoms. The summed E-state index contributed by atoms with van der Waals surface area (Å²) in [5.74, 6) is 0.330. The number of nitrogens with zero attached hydrogens (tertiary/aromatic N) is 1. The molecule has 0 bridgehead atoms. The lowest BCUT2D eigenvalue weighted by Gasteiger charge is -2.17. The van der Waals surface area contributed by atoms with E-state index in [1.165, 1.54) is 19.3 Å². The number of anilines is 1. The summed E-state index contributed by atoms with van der Waals surface area (Å²) in [6, 6.07) is 5.21. The summed E-state index contributed by atoms with van der Waals surface area (Å²) in [7, 11) is 2.07. The maximum atomic E-state index is 9.67. The van der Waals surface area contributed by atoms with Gasteiger partial charge in [-0.2, -0.15) is 0 Å². The Labute approximate surface area is 97.9 Å². The van der Waals surface area contributed by atoms with Gasteiger partial charge in [0.25, 0.3) is 0 Å². The SMILES string of the molecule is CCCCCN(C)Cc1cc(N)ccc1O. The third kappa shape index (κ3) is 4.11. The fourth-order valence-electron chi connectivity index (χ4n) is 1.73. The standard InChI is InChI=1S/C13H22N2O/c1-3-4-5-8-15(2)10-11-9-12(14)6-7-13(11)16/h6-7,9,16H,3-5,8,10,14H2,1-2H3. The monoisotopic (exact) mass is 222 g/mol. The number of aromatic hydroxyl groups is 1. The minimum atomic E-state index is 0.330. The maximum Gasteiger partial charge on any atom is 0.120 e. The van der Waals surface area contributed by atoms with Crippen molar-refractivity contribution in [3.63, 3.8) is 0 Å². The van der Waals surface area contributed by atoms with Crippen LogP contribution in [-0.4, -0.2) is 23.6 Å². The highest BCUT2D eigenvalue weighted by molar-refractivity contribution is 5.47. The lowest BCUT2D eigenvalue weighted by atomic mass is 10.1. The van der Waals surface area contributed by atoms with Gasteiger partial charge in [0.1, 0.15) is 5.75 Å². The minimum absolute atomic E-state index is 0.330. The predicted octanol–water partition coefficient (Wildman–Crippen LogP) is 2.60. The molecule has 0 radical (unpaired) electrons. The maximum absolute atomic E-state index is 9.67. The molecule has 1 aromatic rings. The summed E-state index contributed by atoms with van der Waals surface area (Å²) in [5, 5.41) is 9.67. The van der Waals surface area contributed by atoms with Crippen LogP contribution in [0.3, 0.4) is 0 Å². The second-order valence-corrected chi connectivity index (χ2v) is 4.33. The molecule has 0 amide bonds. The van der Waals surface area contributed by atoms with Gasteiger partial charge in [-0.25, -0.2) is 0 Å². The molecule has 0 spiro atoms. The van der Waals surface area contributed by atoms with Crippen molar-refractivity contribution in [1.29, 1.82) is 0 Å². The van der Waals surface area contributed by atoms with E-state index in [9.17, 15) is 5.11 Å². The molecule has 90 valence electrons. The van der Waals surface area contributed by atoms with Gasteiger partial charge < -0.3 is 15.7 Å². The van der Waals surface area contributed by atoms with Gasteiger partial charge in [0, 0.05) is 17.8 Å². The van der Waals surface area contributed by atoms with Crippen molar-refractivity contribution in [2.75, 3.05) is 19.3 Å². The summed E-state index contributed by atoms with van der Waals surface area (Å²) in [6.45, 7) is 4.01. The lowest BCUT2D eigenvalue weighted by Crippen LogP contribution is -2.19. The Morgan fingerprint density at radius 2 is 2.06 bits per heavy atom. The van der Waals surface area contributed by atoms with E-state index in [-0.39, 0.29) is 0 Å². The van der Waals surface area contributed by atoms with Gasteiger partial charge in [-0.15, -0.1) is 0 Å². The first-order valence-electron chi connectivity index (χ1n) is 5.89. The van der Waals surface area contributed by atoms with Crippen molar-refractivity contribution in [3.8, 4) is 5.75 Å². The summed E-state index contributed by atoms with van der Waals surface area (Å²) >= 11 is 0. The average molecular weight is 222 g/mol. The largest absolute Gasteiger partial charge is 0.508 e. The molecule has 0 aromatic heterocycles. The van der Waals surface area contributed by atoms with E-state index < -0.39 is 0 Å². The van der Waals surface area contributed by atoms with Crippen LogP contribution in [0.15, 0.2) is 18.2 Å². The van der Waals surface area contributed by atoms with E-state index in [1.54, 1.807) is 12.1 Å². The first kappa shape index (κ1) is 12.8. The van der Waals surface area contributed by atoms with Gasteiger partial charge in [0.2, 0.25) is 0 Å². The number of phenols is 1. The van der Waals surface area contributed by atoms with Gasteiger partial charge in [0.05, 0.1) is 0 Å². The second kappa shape index (κ2) is 6.38. The van der Waals surface area contributed by atoms with E-state index in [1.807, 2.05) is 6.07 Å².